The zero-order chi connectivity index (χ0) is 13.3. The normalized spacial score (nSPS) is 14.2. The van der Waals surface area contributed by atoms with Gasteiger partial charge in [-0.15, -0.1) is 5.92 Å². The standard InChI is InChI=1S/C18H16O/c1-3-13-18(19-4-2)16-11-7-5-9-14(16)15-10-6-8-12-17(15)18/h5-12H,4H2,1-2H3. The second-order valence-corrected chi connectivity index (χ2v) is 4.58. The molecular formula is C18H16O. The van der Waals surface area contributed by atoms with E-state index in [9.17, 15) is 0 Å². The average molecular weight is 248 g/mol. The molecule has 94 valence electrons. The van der Waals surface area contributed by atoms with Gasteiger partial charge in [0.1, 0.15) is 0 Å². The summed E-state index contributed by atoms with van der Waals surface area (Å²) in [6.07, 6.45) is 0. The van der Waals surface area contributed by atoms with Crippen molar-refractivity contribution in [1.29, 1.82) is 0 Å². The molecule has 0 radical (unpaired) electrons. The summed E-state index contributed by atoms with van der Waals surface area (Å²) >= 11 is 0. The van der Waals surface area contributed by atoms with Crippen LogP contribution in [0, 0.1) is 11.8 Å². The molecule has 0 saturated carbocycles. The van der Waals surface area contributed by atoms with Gasteiger partial charge in [0.15, 0.2) is 5.60 Å². The van der Waals surface area contributed by atoms with E-state index in [4.69, 9.17) is 4.74 Å². The van der Waals surface area contributed by atoms with Gasteiger partial charge in [-0.3, -0.25) is 0 Å². The van der Waals surface area contributed by atoms with Gasteiger partial charge in [-0.05, 0) is 25.0 Å². The second kappa shape index (κ2) is 4.57. The molecule has 0 amide bonds. The molecule has 0 N–H and O–H groups in total. The van der Waals surface area contributed by atoms with E-state index >= 15 is 0 Å². The third kappa shape index (κ3) is 1.61. The fraction of sp³-hybridized carbons (Fsp3) is 0.222. The van der Waals surface area contributed by atoms with Gasteiger partial charge in [-0.25, -0.2) is 0 Å². The maximum absolute atomic E-state index is 6.11. The first-order valence-corrected chi connectivity index (χ1v) is 6.60. The van der Waals surface area contributed by atoms with Crippen LogP contribution in [0.2, 0.25) is 0 Å². The molecule has 0 atom stereocenters. The quantitative estimate of drug-likeness (QED) is 0.731. The van der Waals surface area contributed by atoms with Crippen LogP contribution in [0.3, 0.4) is 0 Å². The van der Waals surface area contributed by atoms with Gasteiger partial charge in [0.2, 0.25) is 0 Å². The zero-order valence-corrected chi connectivity index (χ0v) is 11.2. The lowest BCUT2D eigenvalue weighted by Gasteiger charge is -2.26. The molecule has 1 heteroatoms. The van der Waals surface area contributed by atoms with Gasteiger partial charge in [0.05, 0.1) is 0 Å². The van der Waals surface area contributed by atoms with E-state index in [1.807, 2.05) is 13.8 Å². The molecule has 0 aromatic heterocycles. The van der Waals surface area contributed by atoms with E-state index in [2.05, 4.69) is 60.4 Å². The number of fused-ring (bicyclic) bond motifs is 3. The lowest BCUT2D eigenvalue weighted by molar-refractivity contribution is 0.0389. The third-order valence-corrected chi connectivity index (χ3v) is 3.56. The Kier molecular flexibility index (Phi) is 2.89. The SMILES string of the molecule is CC#CC1(OCC)c2ccccc2-c2ccccc21. The van der Waals surface area contributed by atoms with Gasteiger partial charge >= 0.3 is 0 Å². The summed E-state index contributed by atoms with van der Waals surface area (Å²) < 4.78 is 6.11. The highest BCUT2D eigenvalue weighted by Crippen LogP contribution is 2.49. The van der Waals surface area contributed by atoms with E-state index in [-0.39, 0.29) is 0 Å². The molecule has 0 fully saturated rings. The highest BCUT2D eigenvalue weighted by molar-refractivity contribution is 5.82. The van der Waals surface area contributed by atoms with Gasteiger partial charge in [0.25, 0.3) is 0 Å². The fourth-order valence-electron chi connectivity index (χ4n) is 2.91. The molecule has 1 aliphatic carbocycles. The van der Waals surface area contributed by atoms with Crippen molar-refractivity contribution in [3.05, 3.63) is 59.7 Å². The molecule has 1 aliphatic rings. The first kappa shape index (κ1) is 12.0. The minimum absolute atomic E-state index is 0.601. The van der Waals surface area contributed by atoms with Crippen LogP contribution in [0.5, 0.6) is 0 Å². The van der Waals surface area contributed by atoms with Crippen LogP contribution in [0.15, 0.2) is 48.5 Å². The maximum atomic E-state index is 6.11. The van der Waals surface area contributed by atoms with Gasteiger partial charge < -0.3 is 4.74 Å². The maximum Gasteiger partial charge on any atom is 0.180 e. The Hall–Kier alpha value is -2.04. The Morgan fingerprint density at radius 3 is 1.95 bits per heavy atom. The largest absolute Gasteiger partial charge is 0.354 e. The van der Waals surface area contributed by atoms with Crippen LogP contribution in [0.4, 0.5) is 0 Å². The highest BCUT2D eigenvalue weighted by Gasteiger charge is 2.42. The zero-order valence-electron chi connectivity index (χ0n) is 11.2. The molecule has 0 unspecified atom stereocenters. The predicted molar refractivity (Wildman–Crippen MR) is 77.7 cm³/mol. The molecule has 0 heterocycles. The molecule has 0 saturated heterocycles. The first-order valence-electron chi connectivity index (χ1n) is 6.60. The van der Waals surface area contributed by atoms with E-state index in [1.165, 1.54) is 11.1 Å². The van der Waals surface area contributed by atoms with Crippen LogP contribution in [0.1, 0.15) is 25.0 Å². The summed E-state index contributed by atoms with van der Waals surface area (Å²) in [5.41, 5.74) is 4.18. The Balaban J connectivity index is 2.37. The van der Waals surface area contributed by atoms with Crippen molar-refractivity contribution < 1.29 is 4.74 Å². The van der Waals surface area contributed by atoms with Crippen LogP contribution in [-0.4, -0.2) is 6.61 Å². The van der Waals surface area contributed by atoms with Crippen molar-refractivity contribution >= 4 is 0 Å². The number of hydrogen-bond donors (Lipinski definition) is 0. The fourth-order valence-corrected chi connectivity index (χ4v) is 2.91. The molecule has 19 heavy (non-hydrogen) atoms. The van der Waals surface area contributed by atoms with Crippen LogP contribution >= 0.6 is 0 Å². The molecular weight excluding hydrogens is 232 g/mol. The Labute approximate surface area is 114 Å². The summed E-state index contributed by atoms with van der Waals surface area (Å²) in [6, 6.07) is 16.8. The van der Waals surface area contributed by atoms with Crippen molar-refractivity contribution in [3.63, 3.8) is 0 Å². The Bertz CT molecular complexity index is 628. The van der Waals surface area contributed by atoms with Crippen LogP contribution in [-0.2, 0) is 10.3 Å². The number of rotatable bonds is 2. The summed E-state index contributed by atoms with van der Waals surface area (Å²) in [6.45, 7) is 4.52. The van der Waals surface area contributed by atoms with Crippen LogP contribution in [0.25, 0.3) is 11.1 Å². The first-order chi connectivity index (χ1) is 9.33. The van der Waals surface area contributed by atoms with E-state index < -0.39 is 5.60 Å². The Morgan fingerprint density at radius 1 is 0.947 bits per heavy atom. The summed E-state index contributed by atoms with van der Waals surface area (Å²) in [7, 11) is 0. The predicted octanol–water partition coefficient (Wildman–Crippen LogP) is 3.97. The molecule has 1 nitrogen and oxygen atoms in total. The van der Waals surface area contributed by atoms with Crippen LogP contribution < -0.4 is 0 Å². The van der Waals surface area contributed by atoms with Gasteiger partial charge in [0, 0.05) is 17.7 Å². The smallest absolute Gasteiger partial charge is 0.180 e. The molecule has 0 aliphatic heterocycles. The van der Waals surface area contributed by atoms with Crippen molar-refractivity contribution in [3.8, 4) is 23.0 Å². The highest BCUT2D eigenvalue weighted by atomic mass is 16.5. The second-order valence-electron chi connectivity index (χ2n) is 4.58. The van der Waals surface area contributed by atoms with Crippen molar-refractivity contribution in [2.75, 3.05) is 6.61 Å². The summed E-state index contributed by atoms with van der Waals surface area (Å²) in [5.74, 6) is 6.34. The molecule has 2 aromatic rings. The van der Waals surface area contributed by atoms with E-state index in [1.54, 1.807) is 0 Å². The minimum Gasteiger partial charge on any atom is -0.354 e. The summed E-state index contributed by atoms with van der Waals surface area (Å²) in [5, 5.41) is 0. The topological polar surface area (TPSA) is 9.23 Å². The molecule has 0 spiro atoms. The van der Waals surface area contributed by atoms with E-state index in [0.717, 1.165) is 11.1 Å². The third-order valence-electron chi connectivity index (χ3n) is 3.56. The Morgan fingerprint density at radius 2 is 1.47 bits per heavy atom. The number of hydrogen-bond acceptors (Lipinski definition) is 1. The van der Waals surface area contributed by atoms with E-state index in [0.29, 0.717) is 6.61 Å². The number of benzene rings is 2. The van der Waals surface area contributed by atoms with Gasteiger partial charge in [-0.1, -0.05) is 54.5 Å². The van der Waals surface area contributed by atoms with Crippen molar-refractivity contribution in [2.24, 2.45) is 0 Å². The lowest BCUT2D eigenvalue weighted by atomic mass is 9.91. The van der Waals surface area contributed by atoms with Crippen molar-refractivity contribution in [2.45, 2.75) is 19.4 Å². The minimum atomic E-state index is -0.601. The van der Waals surface area contributed by atoms with Gasteiger partial charge in [-0.2, -0.15) is 0 Å². The summed E-state index contributed by atoms with van der Waals surface area (Å²) in [4.78, 5) is 0. The van der Waals surface area contributed by atoms with Crippen molar-refractivity contribution in [1.82, 2.24) is 0 Å². The molecule has 2 aromatic carbocycles. The lowest BCUT2D eigenvalue weighted by Crippen LogP contribution is -2.27. The number of ether oxygens (including phenoxy) is 1. The molecule has 3 rings (SSSR count). The average Bonchev–Trinajstić information content (AvgIpc) is 2.72. The molecule has 0 bridgehead atoms. The monoisotopic (exact) mass is 248 g/mol.